The Morgan fingerprint density at radius 2 is 1.49 bits per heavy atom. The number of carbonyl (C=O) groups is 2. The number of phenols is 1. The van der Waals surface area contributed by atoms with Crippen LogP contribution in [0.4, 0.5) is 40.3 Å². The summed E-state index contributed by atoms with van der Waals surface area (Å²) in [6.07, 6.45) is 0. The molecule has 0 unspecified atom stereocenters. The zero-order chi connectivity index (χ0) is 42.9. The number of aromatic hydroxyl groups is 1. The summed E-state index contributed by atoms with van der Waals surface area (Å²) in [5.41, 5.74) is -0.799. The summed E-state index contributed by atoms with van der Waals surface area (Å²) in [6, 6.07) is 12.6. The molecule has 5 rings (SSSR count). The van der Waals surface area contributed by atoms with Crippen LogP contribution in [-0.4, -0.2) is 74.1 Å². The third kappa shape index (κ3) is 12.5. The Morgan fingerprint density at radius 3 is 2.12 bits per heavy atom. The summed E-state index contributed by atoms with van der Waals surface area (Å²) in [7, 11) is -9.81. The van der Waals surface area contributed by atoms with Gasteiger partial charge in [0.2, 0.25) is 23.1 Å². The van der Waals surface area contributed by atoms with Gasteiger partial charge in [0.1, 0.15) is 22.0 Å². The lowest BCUT2D eigenvalue weighted by molar-refractivity contribution is -0.432. The highest BCUT2D eigenvalue weighted by Gasteiger charge is 2.23. The van der Waals surface area contributed by atoms with Gasteiger partial charge in [-0.25, -0.2) is 10.5 Å². The van der Waals surface area contributed by atoms with Crippen LogP contribution in [0, 0.1) is 0 Å². The number of phenolic OH excluding ortho intramolecular Hbond substituents is 1. The van der Waals surface area contributed by atoms with Gasteiger partial charge >= 0.3 is 5.97 Å². The Bertz CT molecular complexity index is 2650. The lowest BCUT2D eigenvalue weighted by Crippen LogP contribution is -2.08. The molecule has 0 saturated carbocycles. The highest BCUT2D eigenvalue weighted by atomic mass is 35.5. The normalized spacial score (nSPS) is 11.8. The Labute approximate surface area is 348 Å². The summed E-state index contributed by atoms with van der Waals surface area (Å²) in [5.74, 6) is -2.63. The van der Waals surface area contributed by atoms with E-state index in [0.717, 1.165) is 49.3 Å². The van der Waals surface area contributed by atoms with Crippen LogP contribution in [0.5, 0.6) is 5.75 Å². The van der Waals surface area contributed by atoms with Gasteiger partial charge in [0.15, 0.2) is 5.75 Å². The SMILES string of the molecule is CC(=O)Nc1cc(S(=O)(=O)O)cc2cc(SOOO)c(N=Nc3cc(Nc4nc(Cl)nc(Nc5ccc(SOC(=O)CSOOO)cc5)n4)ccc3S(=O)(=O)O)c(O)c12. The molecule has 0 bridgehead atoms. The van der Waals surface area contributed by atoms with Crippen LogP contribution in [-0.2, 0) is 52.8 Å². The van der Waals surface area contributed by atoms with Crippen molar-refractivity contribution in [3.05, 3.63) is 65.9 Å². The maximum absolute atomic E-state index is 12.4. The molecular weight excluding hydrogens is 912 g/mol. The summed E-state index contributed by atoms with van der Waals surface area (Å²) in [6.45, 7) is 1.08. The minimum atomic E-state index is -4.97. The Kier molecular flexibility index (Phi) is 15.2. The van der Waals surface area contributed by atoms with Crippen LogP contribution in [0.2, 0.25) is 5.28 Å². The highest BCUT2D eigenvalue weighted by molar-refractivity contribution is 7.96. The van der Waals surface area contributed by atoms with Crippen LogP contribution in [0.1, 0.15) is 6.92 Å². The van der Waals surface area contributed by atoms with Crippen molar-refractivity contribution in [2.24, 2.45) is 10.2 Å². The molecule has 4 aromatic carbocycles. The van der Waals surface area contributed by atoms with Crippen molar-refractivity contribution in [3.63, 3.8) is 0 Å². The molecule has 24 nitrogen and oxygen atoms in total. The largest absolute Gasteiger partial charge is 0.505 e. The Hall–Kier alpha value is -4.99. The van der Waals surface area contributed by atoms with Crippen molar-refractivity contribution >= 4 is 131 Å². The summed E-state index contributed by atoms with van der Waals surface area (Å²) in [4.78, 5) is 34.8. The number of nitrogens with one attached hydrogen (secondary N) is 3. The number of benzene rings is 4. The van der Waals surface area contributed by atoms with E-state index in [0.29, 0.717) is 22.6 Å². The number of anilines is 5. The van der Waals surface area contributed by atoms with Crippen molar-refractivity contribution in [2.75, 3.05) is 21.7 Å². The summed E-state index contributed by atoms with van der Waals surface area (Å²) >= 11 is 7.64. The first kappa shape index (κ1) is 45.1. The Balaban J connectivity index is 1.45. The molecule has 1 amide bonds. The van der Waals surface area contributed by atoms with Crippen molar-refractivity contribution in [3.8, 4) is 5.75 Å². The predicted octanol–water partition coefficient (Wildman–Crippen LogP) is 6.79. The topological polar surface area (TPSA) is 349 Å². The van der Waals surface area contributed by atoms with Gasteiger partial charge < -0.3 is 25.2 Å². The molecule has 312 valence electrons. The van der Waals surface area contributed by atoms with E-state index in [2.05, 4.69) is 59.9 Å². The number of azo groups is 1. The first-order chi connectivity index (χ1) is 27.9. The van der Waals surface area contributed by atoms with Crippen molar-refractivity contribution in [1.82, 2.24) is 15.0 Å². The van der Waals surface area contributed by atoms with Gasteiger partial charge in [0.05, 0.1) is 39.6 Å². The molecule has 0 aliphatic heterocycles. The van der Waals surface area contributed by atoms with Crippen LogP contribution >= 0.6 is 47.7 Å². The van der Waals surface area contributed by atoms with E-state index in [9.17, 15) is 40.6 Å². The molecule has 0 radical (unpaired) electrons. The summed E-state index contributed by atoms with van der Waals surface area (Å²) < 4.78 is 81.9. The second-order valence-corrected chi connectivity index (χ2v) is 16.2. The molecule has 0 fully saturated rings. The van der Waals surface area contributed by atoms with Crippen LogP contribution in [0.3, 0.4) is 0 Å². The van der Waals surface area contributed by atoms with E-state index in [1.54, 1.807) is 24.3 Å². The summed E-state index contributed by atoms with van der Waals surface area (Å²) in [5, 5.41) is 50.6. The van der Waals surface area contributed by atoms with Crippen LogP contribution in [0.15, 0.2) is 90.5 Å². The molecule has 0 aliphatic rings. The maximum atomic E-state index is 12.4. The van der Waals surface area contributed by atoms with E-state index in [-0.39, 0.29) is 62.0 Å². The fourth-order valence-corrected chi connectivity index (χ4v) is 7.25. The molecule has 1 aromatic heterocycles. The third-order valence-corrected chi connectivity index (χ3v) is 10.6. The number of hydrogen-bond acceptors (Lipinski definition) is 24. The second-order valence-electron chi connectivity index (χ2n) is 10.9. The highest BCUT2D eigenvalue weighted by Crippen LogP contribution is 2.47. The quantitative estimate of drug-likeness (QED) is 0.0112. The van der Waals surface area contributed by atoms with Gasteiger partial charge in [-0.05, 0) is 77.7 Å². The minimum absolute atomic E-state index is 0.0508. The Morgan fingerprint density at radius 1 is 0.831 bits per heavy atom. The fraction of sp³-hybridized carbons (Fsp3) is 0.0690. The maximum Gasteiger partial charge on any atom is 0.330 e. The molecule has 8 N–H and O–H groups in total. The van der Waals surface area contributed by atoms with Gasteiger partial charge in [0.25, 0.3) is 20.2 Å². The number of halogens is 1. The van der Waals surface area contributed by atoms with Gasteiger partial charge in [-0.15, -0.1) is 18.9 Å². The number of hydrogen-bond donors (Lipinski definition) is 8. The van der Waals surface area contributed by atoms with E-state index in [1.165, 1.54) is 6.07 Å². The molecule has 59 heavy (non-hydrogen) atoms. The van der Waals surface area contributed by atoms with Crippen molar-refractivity contribution in [1.29, 1.82) is 0 Å². The molecule has 30 heteroatoms. The fourth-order valence-electron chi connectivity index (χ4n) is 4.63. The number of nitrogens with zero attached hydrogens (tertiary/aromatic N) is 5. The lowest BCUT2D eigenvalue weighted by Gasteiger charge is -2.14. The molecule has 5 aromatic rings. The van der Waals surface area contributed by atoms with E-state index < -0.39 is 59.0 Å². The molecule has 0 spiro atoms. The first-order valence-corrected chi connectivity index (χ1v) is 20.9. The number of amides is 1. The lowest BCUT2D eigenvalue weighted by atomic mass is 10.1. The molecule has 1 heterocycles. The van der Waals surface area contributed by atoms with Gasteiger partial charge in [-0.3, -0.25) is 18.7 Å². The van der Waals surface area contributed by atoms with Crippen molar-refractivity contribution < 1.29 is 74.1 Å². The van der Waals surface area contributed by atoms with Gasteiger partial charge in [-0.1, -0.05) is 10.1 Å². The van der Waals surface area contributed by atoms with E-state index >= 15 is 0 Å². The molecule has 0 saturated heterocycles. The van der Waals surface area contributed by atoms with Crippen molar-refractivity contribution in [2.45, 2.75) is 26.5 Å². The first-order valence-electron chi connectivity index (χ1n) is 15.2. The minimum Gasteiger partial charge on any atom is -0.505 e. The van der Waals surface area contributed by atoms with Gasteiger partial charge in [0, 0.05) is 40.6 Å². The predicted molar refractivity (Wildman–Crippen MR) is 208 cm³/mol. The zero-order valence-corrected chi connectivity index (χ0v) is 33.7. The smallest absolute Gasteiger partial charge is 0.330 e. The van der Waals surface area contributed by atoms with Gasteiger partial charge in [-0.2, -0.15) is 31.8 Å². The number of aromatic nitrogens is 3. The van der Waals surface area contributed by atoms with Crippen LogP contribution in [0.25, 0.3) is 10.8 Å². The number of fused-ring (bicyclic) bond motifs is 1. The zero-order valence-electron chi connectivity index (χ0n) is 28.9. The molecule has 0 aliphatic carbocycles. The second kappa shape index (κ2) is 19.8. The van der Waals surface area contributed by atoms with E-state index in [1.807, 2.05) is 0 Å². The van der Waals surface area contributed by atoms with Crippen LogP contribution < -0.4 is 16.0 Å². The average Bonchev–Trinajstić information content (AvgIpc) is 3.15. The molecule has 0 atom stereocenters. The monoisotopic (exact) mass is 934 g/mol. The standard InChI is InChI=1S/C29H23ClN8O16S5/c1-13(39)31-20-11-18(58(44,45)46)8-14-9-21(57-54-52-43)25(26(41)24(14)20)38-37-19-10-16(4-7-22(19)59(47,48)49)33-29-35-27(30)34-28(36-29)32-15-2-5-17(6-3-15)56-50-23(40)12-55-53-51-42/h2-11,41-43H,12H2,1H3,(H,31,39)(H,44,45,46)(H,47,48,49)(H2,32,33,34,35,36). The number of carbonyl (C=O) groups excluding carboxylic acids is 2. The number of rotatable bonds is 18. The molecular formula is C29H23ClN8O16S5. The third-order valence-electron chi connectivity index (χ3n) is 6.84. The van der Waals surface area contributed by atoms with E-state index in [4.69, 9.17) is 26.3 Å². The average molecular weight is 935 g/mol.